The number of hydrogen-bond donors (Lipinski definition) is 1. The number of benzene rings is 3. The second-order valence-corrected chi connectivity index (χ2v) is 8.59. The lowest BCUT2D eigenvalue weighted by molar-refractivity contribution is -0.124. The second kappa shape index (κ2) is 10.4. The first-order valence-electron chi connectivity index (χ1n) is 11.6. The lowest BCUT2D eigenvalue weighted by Gasteiger charge is -2.22. The van der Waals surface area contributed by atoms with Crippen LogP contribution >= 0.6 is 0 Å². The summed E-state index contributed by atoms with van der Waals surface area (Å²) in [6.07, 6.45) is 0.765. The van der Waals surface area contributed by atoms with Crippen LogP contribution in [0.25, 0.3) is 0 Å². The lowest BCUT2D eigenvalue weighted by Crippen LogP contribution is -2.37. The fourth-order valence-corrected chi connectivity index (χ4v) is 4.08. The van der Waals surface area contributed by atoms with E-state index < -0.39 is 18.0 Å². The van der Waals surface area contributed by atoms with Gasteiger partial charge in [-0.15, -0.1) is 0 Å². The number of amides is 4. The average molecular weight is 472 g/mol. The zero-order valence-electron chi connectivity index (χ0n) is 20.2. The molecule has 0 aliphatic carbocycles. The van der Waals surface area contributed by atoms with E-state index in [9.17, 15) is 14.4 Å². The highest BCUT2D eigenvalue weighted by Crippen LogP contribution is 2.29. The van der Waals surface area contributed by atoms with Crippen LogP contribution in [-0.4, -0.2) is 35.9 Å². The van der Waals surface area contributed by atoms with Gasteiger partial charge in [0.25, 0.3) is 5.91 Å². The molecule has 4 rings (SSSR count). The molecule has 1 aliphatic heterocycles. The minimum absolute atomic E-state index is 0.140. The Bertz CT molecular complexity index is 1200. The third-order valence-electron chi connectivity index (χ3n) is 6.15. The predicted octanol–water partition coefficient (Wildman–Crippen LogP) is 4.93. The Morgan fingerprint density at radius 3 is 2.14 bits per heavy atom. The van der Waals surface area contributed by atoms with E-state index in [2.05, 4.69) is 12.2 Å². The summed E-state index contributed by atoms with van der Waals surface area (Å²) in [4.78, 5) is 42.4. The molecule has 0 aromatic heterocycles. The van der Waals surface area contributed by atoms with Gasteiger partial charge in [-0.3, -0.25) is 9.59 Å². The van der Waals surface area contributed by atoms with E-state index in [1.165, 1.54) is 10.5 Å². The van der Waals surface area contributed by atoms with Crippen LogP contribution in [0.5, 0.6) is 5.75 Å². The Morgan fingerprint density at radius 1 is 0.914 bits per heavy atom. The molecule has 4 amide bonds. The van der Waals surface area contributed by atoms with Crippen LogP contribution in [0.2, 0.25) is 0 Å². The van der Waals surface area contributed by atoms with Crippen LogP contribution in [0.15, 0.2) is 72.8 Å². The molecule has 1 unspecified atom stereocenters. The van der Waals surface area contributed by atoms with E-state index in [0.717, 1.165) is 22.4 Å². The van der Waals surface area contributed by atoms with Crippen molar-refractivity contribution in [2.75, 3.05) is 17.3 Å². The van der Waals surface area contributed by atoms with Gasteiger partial charge in [-0.2, -0.15) is 0 Å². The number of rotatable bonds is 8. The minimum atomic E-state index is -0.916. The summed E-state index contributed by atoms with van der Waals surface area (Å²) >= 11 is 0. The fraction of sp³-hybridized carbons (Fsp3) is 0.250. The van der Waals surface area contributed by atoms with Crippen LogP contribution in [0.3, 0.4) is 0 Å². The third-order valence-corrected chi connectivity index (χ3v) is 6.15. The largest absolute Gasteiger partial charge is 0.497 e. The van der Waals surface area contributed by atoms with E-state index >= 15 is 0 Å². The van der Waals surface area contributed by atoms with E-state index in [1.807, 2.05) is 55.5 Å². The molecular formula is C28H29N3O4. The molecule has 0 saturated carbocycles. The predicted molar refractivity (Wildman–Crippen MR) is 135 cm³/mol. The Labute approximate surface area is 205 Å². The number of imide groups is 1. The number of ether oxygens (including phenoxy) is 1. The SMILES string of the molecule is CCc1ccc(NC(=O)CC2C(=O)N(c3ccc(C)cc3)C(=O)N2Cc2ccc(OC)cc2)cc1. The number of urea groups is 1. The van der Waals surface area contributed by atoms with Gasteiger partial charge in [-0.25, -0.2) is 9.69 Å². The molecule has 180 valence electrons. The van der Waals surface area contributed by atoms with Gasteiger partial charge in [0.05, 0.1) is 19.2 Å². The highest BCUT2D eigenvalue weighted by atomic mass is 16.5. The average Bonchev–Trinajstić information content (AvgIpc) is 3.09. The molecule has 1 N–H and O–H groups in total. The number of carbonyl (C=O) groups is 3. The Balaban J connectivity index is 1.58. The molecule has 1 aliphatic rings. The van der Waals surface area contributed by atoms with E-state index in [0.29, 0.717) is 17.1 Å². The zero-order chi connectivity index (χ0) is 24.9. The summed E-state index contributed by atoms with van der Waals surface area (Å²) in [5, 5.41) is 2.85. The number of hydrogen-bond acceptors (Lipinski definition) is 4. The number of nitrogens with one attached hydrogen (secondary N) is 1. The van der Waals surface area contributed by atoms with Crippen LogP contribution in [0.4, 0.5) is 16.2 Å². The molecule has 35 heavy (non-hydrogen) atoms. The molecule has 0 spiro atoms. The Kier molecular flexibility index (Phi) is 7.15. The first-order chi connectivity index (χ1) is 16.9. The number of nitrogens with zero attached hydrogens (tertiary/aromatic N) is 2. The van der Waals surface area contributed by atoms with Crippen molar-refractivity contribution >= 4 is 29.2 Å². The van der Waals surface area contributed by atoms with Crippen LogP contribution in [-0.2, 0) is 22.6 Å². The van der Waals surface area contributed by atoms with Gasteiger partial charge < -0.3 is 15.0 Å². The zero-order valence-corrected chi connectivity index (χ0v) is 20.2. The lowest BCUT2D eigenvalue weighted by atomic mass is 10.1. The Hall–Kier alpha value is -4.13. The summed E-state index contributed by atoms with van der Waals surface area (Å²) in [6.45, 7) is 4.20. The Morgan fingerprint density at radius 2 is 1.54 bits per heavy atom. The summed E-state index contributed by atoms with van der Waals surface area (Å²) in [5.41, 5.74) is 4.16. The second-order valence-electron chi connectivity index (χ2n) is 8.59. The minimum Gasteiger partial charge on any atom is -0.497 e. The van der Waals surface area contributed by atoms with Crippen LogP contribution in [0.1, 0.15) is 30.0 Å². The molecule has 7 heteroatoms. The van der Waals surface area contributed by atoms with Gasteiger partial charge in [0.15, 0.2) is 0 Å². The molecule has 7 nitrogen and oxygen atoms in total. The summed E-state index contributed by atoms with van der Waals surface area (Å²) in [7, 11) is 1.58. The van der Waals surface area contributed by atoms with Crippen molar-refractivity contribution in [3.8, 4) is 5.75 Å². The summed E-state index contributed by atoms with van der Waals surface area (Å²) in [6, 6.07) is 20.7. The number of methoxy groups -OCH3 is 1. The van der Waals surface area contributed by atoms with Crippen LogP contribution in [0, 0.1) is 6.92 Å². The molecule has 0 bridgehead atoms. The number of anilines is 2. The smallest absolute Gasteiger partial charge is 0.332 e. The fourth-order valence-electron chi connectivity index (χ4n) is 4.08. The molecule has 1 heterocycles. The summed E-state index contributed by atoms with van der Waals surface area (Å²) in [5.74, 6) is -0.0430. The van der Waals surface area contributed by atoms with Crippen molar-refractivity contribution in [3.63, 3.8) is 0 Å². The van der Waals surface area contributed by atoms with Gasteiger partial charge >= 0.3 is 6.03 Å². The van der Waals surface area contributed by atoms with Gasteiger partial charge in [-0.05, 0) is 60.9 Å². The van der Waals surface area contributed by atoms with Crippen molar-refractivity contribution in [1.29, 1.82) is 0 Å². The normalized spacial score (nSPS) is 15.5. The van der Waals surface area contributed by atoms with Crippen LogP contribution < -0.4 is 15.0 Å². The van der Waals surface area contributed by atoms with Crippen molar-refractivity contribution < 1.29 is 19.1 Å². The maximum absolute atomic E-state index is 13.4. The van der Waals surface area contributed by atoms with E-state index in [-0.39, 0.29) is 18.9 Å². The number of aryl methyl sites for hydroxylation is 2. The quantitative estimate of drug-likeness (QED) is 0.473. The topological polar surface area (TPSA) is 79.0 Å². The van der Waals surface area contributed by atoms with Gasteiger partial charge in [-0.1, -0.05) is 48.9 Å². The standard InChI is InChI=1S/C28H29N3O4/c1-4-20-7-11-22(12-8-20)29-26(32)17-25-27(33)31(23-13-5-19(2)6-14-23)28(34)30(25)18-21-9-15-24(35-3)16-10-21/h5-16,25H,4,17-18H2,1-3H3,(H,29,32). The number of carbonyl (C=O) groups excluding carboxylic acids is 3. The maximum Gasteiger partial charge on any atom is 0.332 e. The van der Waals surface area contributed by atoms with Crippen molar-refractivity contribution in [2.45, 2.75) is 39.3 Å². The maximum atomic E-state index is 13.4. The van der Waals surface area contributed by atoms with Gasteiger partial charge in [0.2, 0.25) is 5.91 Å². The molecule has 1 saturated heterocycles. The highest BCUT2D eigenvalue weighted by molar-refractivity contribution is 6.22. The highest BCUT2D eigenvalue weighted by Gasteiger charge is 2.46. The molecule has 1 fully saturated rings. The summed E-state index contributed by atoms with van der Waals surface area (Å²) < 4.78 is 5.21. The van der Waals surface area contributed by atoms with Gasteiger partial charge in [0.1, 0.15) is 11.8 Å². The molecule has 0 radical (unpaired) electrons. The van der Waals surface area contributed by atoms with E-state index in [4.69, 9.17) is 4.74 Å². The van der Waals surface area contributed by atoms with Crippen molar-refractivity contribution in [3.05, 3.63) is 89.5 Å². The van der Waals surface area contributed by atoms with Crippen molar-refractivity contribution in [2.24, 2.45) is 0 Å². The first-order valence-corrected chi connectivity index (χ1v) is 11.6. The first kappa shape index (κ1) is 24.0. The van der Waals surface area contributed by atoms with E-state index in [1.54, 1.807) is 31.4 Å². The van der Waals surface area contributed by atoms with Crippen molar-refractivity contribution in [1.82, 2.24) is 4.90 Å². The third kappa shape index (κ3) is 5.35. The molecule has 1 atom stereocenters. The molecule has 3 aromatic rings. The molecular weight excluding hydrogens is 442 g/mol. The van der Waals surface area contributed by atoms with Gasteiger partial charge in [0, 0.05) is 12.2 Å². The monoisotopic (exact) mass is 471 g/mol. The molecule has 3 aromatic carbocycles.